The number of carbonyl (C=O) groups is 1. The van der Waals surface area contributed by atoms with Crippen LogP contribution in [0, 0.1) is 0 Å². The molecule has 0 rings (SSSR count). The minimum absolute atomic E-state index is 0.267. The minimum atomic E-state index is -4.45. The maximum atomic E-state index is 12.5. The molecule has 4 N–H and O–H groups in total. The molecule has 0 aliphatic heterocycles. The third-order valence-corrected chi connectivity index (χ3v) is 9.18. The molecular weight excluding hydrogens is 598 g/mol. The summed E-state index contributed by atoms with van der Waals surface area (Å²) < 4.78 is 32.3. The molecule has 7 nitrogen and oxygen atoms in total. The first kappa shape index (κ1) is 44.5. The van der Waals surface area contributed by atoms with Gasteiger partial charge >= 0.3 is 0 Å². The van der Waals surface area contributed by atoms with Crippen molar-refractivity contribution in [3.05, 3.63) is 36.5 Å². The number of amides is 1. The van der Waals surface area contributed by atoms with Crippen molar-refractivity contribution in [2.45, 2.75) is 193 Å². The fourth-order valence-electron chi connectivity index (χ4n) is 5.46. The van der Waals surface area contributed by atoms with E-state index in [0.29, 0.717) is 12.8 Å². The van der Waals surface area contributed by atoms with Gasteiger partial charge in [-0.2, -0.15) is 8.42 Å². The molecule has 270 valence electrons. The molecule has 1 amide bonds. The number of allylic oxidation sites excluding steroid dienone is 5. The van der Waals surface area contributed by atoms with Crippen molar-refractivity contribution in [3.63, 3.8) is 0 Å². The van der Waals surface area contributed by atoms with E-state index >= 15 is 0 Å². The second kappa shape index (κ2) is 32.1. The fraction of sp³-hybridized carbons (Fsp3) is 0.816. The van der Waals surface area contributed by atoms with Crippen LogP contribution < -0.4 is 5.32 Å². The van der Waals surface area contributed by atoms with Gasteiger partial charge in [-0.05, 0) is 57.8 Å². The van der Waals surface area contributed by atoms with E-state index in [9.17, 15) is 28.0 Å². The van der Waals surface area contributed by atoms with Crippen LogP contribution in [0.3, 0.4) is 0 Å². The topological polar surface area (TPSA) is 124 Å². The summed E-state index contributed by atoms with van der Waals surface area (Å²) in [6.07, 6.45) is 37.8. The Kier molecular flexibility index (Phi) is 31.1. The van der Waals surface area contributed by atoms with Crippen LogP contribution in [0.4, 0.5) is 0 Å². The molecule has 0 radical (unpaired) electrons. The lowest BCUT2D eigenvalue weighted by molar-refractivity contribution is -0.130. The number of hydrogen-bond acceptors (Lipinski definition) is 5. The van der Waals surface area contributed by atoms with E-state index in [1.54, 1.807) is 6.08 Å². The number of aliphatic hydroxyl groups is 2. The van der Waals surface area contributed by atoms with Gasteiger partial charge in [0.1, 0.15) is 6.10 Å². The van der Waals surface area contributed by atoms with Crippen LogP contribution in [0.2, 0.25) is 0 Å². The van der Waals surface area contributed by atoms with Crippen LogP contribution >= 0.6 is 0 Å². The average molecular weight is 670 g/mol. The van der Waals surface area contributed by atoms with Gasteiger partial charge in [0.15, 0.2) is 0 Å². The zero-order chi connectivity index (χ0) is 34.1. The number of nitrogens with one attached hydrogen (secondary N) is 1. The summed E-state index contributed by atoms with van der Waals surface area (Å²) in [4.78, 5) is 12.5. The van der Waals surface area contributed by atoms with E-state index in [2.05, 4.69) is 43.5 Å². The summed E-state index contributed by atoms with van der Waals surface area (Å²) >= 11 is 0. The van der Waals surface area contributed by atoms with E-state index in [4.69, 9.17) is 0 Å². The summed E-state index contributed by atoms with van der Waals surface area (Å²) in [7, 11) is -4.45. The Bertz CT molecular complexity index is 886. The van der Waals surface area contributed by atoms with Gasteiger partial charge in [0.05, 0.1) is 17.9 Å². The van der Waals surface area contributed by atoms with Gasteiger partial charge < -0.3 is 15.5 Å². The molecule has 0 aliphatic rings. The van der Waals surface area contributed by atoms with Gasteiger partial charge in [0, 0.05) is 0 Å². The number of unbranched alkanes of at least 4 members (excludes halogenated alkanes) is 20. The third kappa shape index (κ3) is 31.1. The van der Waals surface area contributed by atoms with Gasteiger partial charge in [0.25, 0.3) is 10.1 Å². The molecule has 0 bridgehead atoms. The zero-order valence-corrected chi connectivity index (χ0v) is 30.4. The predicted octanol–water partition coefficient (Wildman–Crippen LogP) is 9.54. The fourth-order valence-corrected chi connectivity index (χ4v) is 6.20. The normalized spacial score (nSPS) is 14.5. The van der Waals surface area contributed by atoms with Gasteiger partial charge in [-0.15, -0.1) is 0 Å². The van der Waals surface area contributed by atoms with Crippen molar-refractivity contribution in [2.24, 2.45) is 0 Å². The standard InChI is InChI=1S/C38H71NO6S/c1-3-5-7-9-11-13-15-16-17-18-19-20-21-23-25-27-29-31-33-37(41)38(42)39-35(34-46(43,44)45)36(40)32-30-28-26-24-22-14-12-10-8-6-4-2/h18-19,22,24,30,32,35-37,40-41H,3-17,20-21,23,25-29,31,33-34H2,1-2H3,(H,39,42)(H,43,44,45)/b19-18-,24-22+,32-30+. The molecule has 3 atom stereocenters. The van der Waals surface area contributed by atoms with Crippen molar-refractivity contribution in [2.75, 3.05) is 5.75 Å². The molecule has 0 saturated carbocycles. The van der Waals surface area contributed by atoms with Crippen LogP contribution in [0.5, 0.6) is 0 Å². The Morgan fingerprint density at radius 2 is 0.978 bits per heavy atom. The first-order valence-electron chi connectivity index (χ1n) is 18.8. The van der Waals surface area contributed by atoms with Crippen LogP contribution in [0.25, 0.3) is 0 Å². The van der Waals surface area contributed by atoms with Gasteiger partial charge in [-0.25, -0.2) is 0 Å². The molecule has 0 saturated heterocycles. The smallest absolute Gasteiger partial charge is 0.267 e. The van der Waals surface area contributed by atoms with E-state index in [0.717, 1.165) is 38.5 Å². The second-order valence-corrected chi connectivity index (χ2v) is 14.5. The lowest BCUT2D eigenvalue weighted by atomic mass is 10.0. The Morgan fingerprint density at radius 1 is 0.587 bits per heavy atom. The van der Waals surface area contributed by atoms with E-state index < -0.39 is 40.0 Å². The zero-order valence-electron chi connectivity index (χ0n) is 29.6. The molecule has 0 fully saturated rings. The van der Waals surface area contributed by atoms with Crippen molar-refractivity contribution in [1.29, 1.82) is 0 Å². The summed E-state index contributed by atoms with van der Waals surface area (Å²) in [5.74, 6) is -1.56. The number of aliphatic hydroxyl groups excluding tert-OH is 2. The highest BCUT2D eigenvalue weighted by molar-refractivity contribution is 7.85. The van der Waals surface area contributed by atoms with Gasteiger partial charge in [-0.1, -0.05) is 153 Å². The van der Waals surface area contributed by atoms with Crippen LogP contribution in [-0.4, -0.2) is 53.1 Å². The highest BCUT2D eigenvalue weighted by Crippen LogP contribution is 2.13. The number of rotatable bonds is 33. The summed E-state index contributed by atoms with van der Waals surface area (Å²) in [6.45, 7) is 4.46. The molecule has 0 aromatic rings. The monoisotopic (exact) mass is 670 g/mol. The summed E-state index contributed by atoms with van der Waals surface area (Å²) in [5.41, 5.74) is 0. The maximum absolute atomic E-state index is 12.5. The van der Waals surface area contributed by atoms with Crippen molar-refractivity contribution in [3.8, 4) is 0 Å². The molecule has 0 spiro atoms. The molecule has 3 unspecified atom stereocenters. The highest BCUT2D eigenvalue weighted by Gasteiger charge is 2.27. The largest absolute Gasteiger partial charge is 0.387 e. The number of carbonyl (C=O) groups excluding carboxylic acids is 1. The maximum Gasteiger partial charge on any atom is 0.267 e. The average Bonchev–Trinajstić information content (AvgIpc) is 3.01. The number of hydrogen-bond donors (Lipinski definition) is 4. The minimum Gasteiger partial charge on any atom is -0.387 e. The van der Waals surface area contributed by atoms with Crippen LogP contribution in [0.1, 0.15) is 174 Å². The van der Waals surface area contributed by atoms with Gasteiger partial charge in [-0.3, -0.25) is 9.35 Å². The second-order valence-electron chi connectivity index (χ2n) is 13.0. The first-order valence-corrected chi connectivity index (χ1v) is 20.4. The van der Waals surface area contributed by atoms with Gasteiger partial charge in [0.2, 0.25) is 5.91 Å². The molecule has 0 heterocycles. The molecule has 0 aromatic carbocycles. The molecule has 8 heteroatoms. The lowest BCUT2D eigenvalue weighted by Gasteiger charge is -2.22. The summed E-state index contributed by atoms with van der Waals surface area (Å²) in [6, 6.07) is -1.25. The highest BCUT2D eigenvalue weighted by atomic mass is 32.2. The Hall–Kier alpha value is -1.48. The van der Waals surface area contributed by atoms with Crippen molar-refractivity contribution >= 4 is 16.0 Å². The Balaban J connectivity index is 4.10. The van der Waals surface area contributed by atoms with Crippen LogP contribution in [-0.2, 0) is 14.9 Å². The molecule has 0 aliphatic carbocycles. The Labute approximate surface area is 283 Å². The SMILES string of the molecule is CCCCCCC/C=C/CC/C=C/C(O)C(CS(=O)(=O)O)NC(=O)C(O)CCCCCCCC/C=C\CCCCCCCCCC. The van der Waals surface area contributed by atoms with E-state index in [-0.39, 0.29) is 6.42 Å². The predicted molar refractivity (Wildman–Crippen MR) is 195 cm³/mol. The van der Waals surface area contributed by atoms with E-state index in [1.165, 1.54) is 109 Å². The Morgan fingerprint density at radius 3 is 1.43 bits per heavy atom. The van der Waals surface area contributed by atoms with Crippen molar-refractivity contribution < 1.29 is 28.0 Å². The third-order valence-electron chi connectivity index (χ3n) is 8.40. The molecule has 0 aromatic heterocycles. The van der Waals surface area contributed by atoms with Crippen LogP contribution in [0.15, 0.2) is 36.5 Å². The molecular formula is C38H71NO6S. The molecule has 46 heavy (non-hydrogen) atoms. The van der Waals surface area contributed by atoms with E-state index in [1.807, 2.05) is 0 Å². The quantitative estimate of drug-likeness (QED) is 0.0313. The summed E-state index contributed by atoms with van der Waals surface area (Å²) in [5, 5.41) is 23.2. The van der Waals surface area contributed by atoms with Crippen molar-refractivity contribution in [1.82, 2.24) is 5.32 Å². The first-order chi connectivity index (χ1) is 22.2. The lowest BCUT2D eigenvalue weighted by Crippen LogP contribution is -2.50.